The van der Waals surface area contributed by atoms with Crippen LogP contribution in [0.3, 0.4) is 0 Å². The first kappa shape index (κ1) is 21.1. The van der Waals surface area contributed by atoms with E-state index in [4.69, 9.17) is 15.2 Å². The summed E-state index contributed by atoms with van der Waals surface area (Å²) in [6.07, 6.45) is 3.45. The molecule has 2 aliphatic heterocycles. The Kier molecular flexibility index (Phi) is 8.27. The molecule has 0 spiro atoms. The highest BCUT2D eigenvalue weighted by Gasteiger charge is 2.20. The van der Waals surface area contributed by atoms with Crippen molar-refractivity contribution in [3.05, 3.63) is 18.2 Å². The zero-order valence-electron chi connectivity index (χ0n) is 15.7. The molecular formula is C19H31IN4O2. The molecule has 2 aliphatic rings. The van der Waals surface area contributed by atoms with Crippen LogP contribution in [0.5, 0.6) is 11.5 Å². The second-order valence-corrected chi connectivity index (χ2v) is 7.13. The van der Waals surface area contributed by atoms with Crippen molar-refractivity contribution in [2.24, 2.45) is 16.6 Å². The van der Waals surface area contributed by atoms with Gasteiger partial charge in [-0.15, -0.1) is 24.0 Å². The fourth-order valence-corrected chi connectivity index (χ4v) is 3.24. The lowest BCUT2D eigenvalue weighted by Crippen LogP contribution is -2.41. The van der Waals surface area contributed by atoms with Gasteiger partial charge in [-0.3, -0.25) is 9.89 Å². The van der Waals surface area contributed by atoms with Crippen LogP contribution in [0.2, 0.25) is 0 Å². The maximum Gasteiger partial charge on any atom is 0.193 e. The summed E-state index contributed by atoms with van der Waals surface area (Å²) in [5.74, 6) is 2.82. The number of hydrogen-bond donors (Lipinski definition) is 2. The second-order valence-electron chi connectivity index (χ2n) is 7.13. The molecule has 146 valence electrons. The van der Waals surface area contributed by atoms with Gasteiger partial charge in [-0.25, -0.2) is 0 Å². The van der Waals surface area contributed by atoms with Crippen molar-refractivity contribution in [3.63, 3.8) is 0 Å². The number of anilines is 1. The number of aliphatic imine (C=N–C) groups is 1. The summed E-state index contributed by atoms with van der Waals surface area (Å²) >= 11 is 0. The third-order valence-electron chi connectivity index (χ3n) is 4.99. The highest BCUT2D eigenvalue weighted by Crippen LogP contribution is 2.32. The Labute approximate surface area is 173 Å². The van der Waals surface area contributed by atoms with Crippen molar-refractivity contribution in [1.29, 1.82) is 0 Å². The number of piperidine rings is 1. The van der Waals surface area contributed by atoms with Gasteiger partial charge >= 0.3 is 0 Å². The third-order valence-corrected chi connectivity index (χ3v) is 4.99. The number of benzene rings is 1. The number of nitrogens with zero attached hydrogens (tertiary/aromatic N) is 2. The van der Waals surface area contributed by atoms with E-state index in [2.05, 4.69) is 29.1 Å². The Morgan fingerprint density at radius 3 is 2.69 bits per heavy atom. The van der Waals surface area contributed by atoms with E-state index in [1.165, 1.54) is 12.8 Å². The number of halogens is 1. The Bertz CT molecular complexity index is 603. The highest BCUT2D eigenvalue weighted by molar-refractivity contribution is 14.0. The van der Waals surface area contributed by atoms with Gasteiger partial charge in [-0.2, -0.15) is 0 Å². The fraction of sp³-hybridized carbons (Fsp3) is 0.632. The fourth-order valence-electron chi connectivity index (χ4n) is 3.24. The van der Waals surface area contributed by atoms with Gasteiger partial charge in [0.05, 0.1) is 19.8 Å². The molecule has 0 amide bonds. The number of likely N-dealkylation sites (tertiary alicyclic amines) is 1. The first-order valence-corrected chi connectivity index (χ1v) is 9.32. The molecule has 1 atom stereocenters. The van der Waals surface area contributed by atoms with Gasteiger partial charge < -0.3 is 20.5 Å². The van der Waals surface area contributed by atoms with Crippen LogP contribution in [0.25, 0.3) is 0 Å². The van der Waals surface area contributed by atoms with Gasteiger partial charge in [0.1, 0.15) is 0 Å². The Morgan fingerprint density at radius 1 is 1.27 bits per heavy atom. The number of nitrogens with one attached hydrogen (secondary N) is 1. The zero-order chi connectivity index (χ0) is 17.6. The average molecular weight is 474 g/mol. The molecular weight excluding hydrogens is 443 g/mol. The molecule has 1 fully saturated rings. The summed E-state index contributed by atoms with van der Waals surface area (Å²) in [6, 6.07) is 6.18. The van der Waals surface area contributed by atoms with Crippen LogP contribution < -0.4 is 20.5 Å². The molecule has 6 nitrogen and oxygen atoms in total. The lowest BCUT2D eigenvalue weighted by Gasteiger charge is -2.34. The van der Waals surface area contributed by atoms with Gasteiger partial charge in [0, 0.05) is 24.2 Å². The molecule has 0 aromatic heterocycles. The average Bonchev–Trinajstić information content (AvgIpc) is 2.85. The molecule has 0 aliphatic carbocycles. The van der Waals surface area contributed by atoms with Crippen molar-refractivity contribution in [2.45, 2.75) is 39.2 Å². The summed E-state index contributed by atoms with van der Waals surface area (Å²) in [6.45, 7) is 8.94. The number of fused-ring (bicyclic) bond motifs is 1. The summed E-state index contributed by atoms with van der Waals surface area (Å²) < 4.78 is 11.3. The minimum atomic E-state index is 0. The second kappa shape index (κ2) is 10.2. The topological polar surface area (TPSA) is 72.1 Å². The SMILES string of the molecule is CC1CCN(C(C)CN=C(N)Nc2ccc3c(c2)OCCCO3)CC1.I. The van der Waals surface area contributed by atoms with E-state index in [9.17, 15) is 0 Å². The quantitative estimate of drug-likeness (QED) is 0.398. The van der Waals surface area contributed by atoms with Crippen molar-refractivity contribution in [3.8, 4) is 11.5 Å². The van der Waals surface area contributed by atoms with Crippen LogP contribution in [0.15, 0.2) is 23.2 Å². The van der Waals surface area contributed by atoms with Crippen molar-refractivity contribution < 1.29 is 9.47 Å². The minimum absolute atomic E-state index is 0. The minimum Gasteiger partial charge on any atom is -0.490 e. The molecule has 1 aromatic carbocycles. The molecule has 7 heteroatoms. The maximum absolute atomic E-state index is 6.06. The molecule has 0 saturated carbocycles. The molecule has 3 N–H and O–H groups in total. The molecule has 1 aromatic rings. The third kappa shape index (κ3) is 5.90. The Hall–Kier alpha value is -1.22. The Balaban J connectivity index is 0.00000243. The van der Waals surface area contributed by atoms with E-state index in [0.29, 0.717) is 31.8 Å². The van der Waals surface area contributed by atoms with E-state index >= 15 is 0 Å². The van der Waals surface area contributed by atoms with Crippen molar-refractivity contribution in [2.75, 3.05) is 38.2 Å². The molecule has 3 rings (SSSR count). The molecule has 2 heterocycles. The van der Waals surface area contributed by atoms with Crippen LogP contribution in [0.4, 0.5) is 5.69 Å². The Morgan fingerprint density at radius 2 is 1.96 bits per heavy atom. The van der Waals surface area contributed by atoms with Gasteiger partial charge in [0.2, 0.25) is 0 Å². The smallest absolute Gasteiger partial charge is 0.193 e. The van der Waals surface area contributed by atoms with Crippen LogP contribution in [-0.2, 0) is 0 Å². The molecule has 1 saturated heterocycles. The normalized spacial score (nSPS) is 20.0. The van der Waals surface area contributed by atoms with E-state index < -0.39 is 0 Å². The monoisotopic (exact) mass is 474 g/mol. The standard InChI is InChI=1S/C19H30N4O2.HI/c1-14-6-8-23(9-7-14)15(2)13-21-19(20)22-16-4-5-17-18(12-16)25-11-3-10-24-17;/h4-5,12,14-15H,3,6-11,13H2,1-2H3,(H3,20,21,22);1H. The number of guanidine groups is 1. The number of ether oxygens (including phenoxy) is 2. The summed E-state index contributed by atoms with van der Waals surface area (Å²) in [5.41, 5.74) is 6.93. The van der Waals surface area contributed by atoms with Crippen LogP contribution in [0.1, 0.15) is 33.1 Å². The van der Waals surface area contributed by atoms with Crippen molar-refractivity contribution in [1.82, 2.24) is 4.90 Å². The summed E-state index contributed by atoms with van der Waals surface area (Å²) in [7, 11) is 0. The number of hydrogen-bond acceptors (Lipinski definition) is 4. The summed E-state index contributed by atoms with van der Waals surface area (Å²) in [4.78, 5) is 7.02. The van der Waals surface area contributed by atoms with Gasteiger partial charge in [0.15, 0.2) is 17.5 Å². The van der Waals surface area contributed by atoms with Gasteiger partial charge in [-0.05, 0) is 50.9 Å². The lowest BCUT2D eigenvalue weighted by atomic mass is 9.98. The van der Waals surface area contributed by atoms with Gasteiger partial charge in [-0.1, -0.05) is 6.92 Å². The number of nitrogens with two attached hydrogens (primary N) is 1. The van der Waals surface area contributed by atoms with E-state index in [0.717, 1.165) is 42.6 Å². The first-order valence-electron chi connectivity index (χ1n) is 9.32. The van der Waals surface area contributed by atoms with Crippen LogP contribution in [-0.4, -0.2) is 49.7 Å². The van der Waals surface area contributed by atoms with Crippen molar-refractivity contribution >= 4 is 35.6 Å². The molecule has 0 bridgehead atoms. The van der Waals surface area contributed by atoms with E-state index in [1.54, 1.807) is 0 Å². The number of rotatable bonds is 4. The maximum atomic E-state index is 6.06. The largest absolute Gasteiger partial charge is 0.490 e. The molecule has 26 heavy (non-hydrogen) atoms. The first-order chi connectivity index (χ1) is 12.1. The predicted molar refractivity (Wildman–Crippen MR) is 117 cm³/mol. The summed E-state index contributed by atoms with van der Waals surface area (Å²) in [5, 5.41) is 3.15. The lowest BCUT2D eigenvalue weighted by molar-refractivity contribution is 0.150. The molecule has 0 radical (unpaired) electrons. The van der Waals surface area contributed by atoms with Crippen LogP contribution in [0, 0.1) is 5.92 Å². The van der Waals surface area contributed by atoms with Crippen LogP contribution >= 0.6 is 24.0 Å². The molecule has 1 unspecified atom stereocenters. The zero-order valence-corrected chi connectivity index (χ0v) is 18.1. The predicted octanol–water partition coefficient (Wildman–Crippen LogP) is 3.31. The highest BCUT2D eigenvalue weighted by atomic mass is 127. The van der Waals surface area contributed by atoms with E-state index in [1.807, 2.05) is 18.2 Å². The van der Waals surface area contributed by atoms with Gasteiger partial charge in [0.25, 0.3) is 0 Å². The van der Waals surface area contributed by atoms with E-state index in [-0.39, 0.29) is 24.0 Å².